The van der Waals surface area contributed by atoms with E-state index in [1.54, 1.807) is 11.3 Å². The number of hydrogen-bond acceptors (Lipinski definition) is 2. The summed E-state index contributed by atoms with van der Waals surface area (Å²) in [7, 11) is 0. The lowest BCUT2D eigenvalue weighted by atomic mass is 10.2. The van der Waals surface area contributed by atoms with E-state index in [-0.39, 0.29) is 11.8 Å². The summed E-state index contributed by atoms with van der Waals surface area (Å²) in [5.41, 5.74) is 2.18. The van der Waals surface area contributed by atoms with E-state index in [9.17, 15) is 4.79 Å². The van der Waals surface area contributed by atoms with Crippen LogP contribution >= 0.6 is 22.9 Å². The zero-order valence-electron chi connectivity index (χ0n) is 8.39. The number of nitrogens with one attached hydrogen (secondary N) is 1. The van der Waals surface area contributed by atoms with Gasteiger partial charge in [0.05, 0.1) is 5.69 Å². The monoisotopic (exact) mass is 231 g/mol. The standard InChI is InChI=1S/C10H14ClNOS/c1-3-7-6-14-8(4-2)10(7)12-9(13)5-11/h6H,3-5H2,1-2H3,(H,12,13). The Balaban J connectivity index is 2.90. The van der Waals surface area contributed by atoms with Crippen LogP contribution in [0.4, 0.5) is 5.69 Å². The van der Waals surface area contributed by atoms with Gasteiger partial charge in [-0.3, -0.25) is 4.79 Å². The summed E-state index contributed by atoms with van der Waals surface area (Å²) in [6.07, 6.45) is 1.89. The van der Waals surface area contributed by atoms with Crippen LogP contribution in [0.3, 0.4) is 0 Å². The predicted molar refractivity (Wildman–Crippen MR) is 62.4 cm³/mol. The Morgan fingerprint density at radius 3 is 2.71 bits per heavy atom. The van der Waals surface area contributed by atoms with E-state index in [2.05, 4.69) is 24.5 Å². The normalized spacial score (nSPS) is 10.2. The fraction of sp³-hybridized carbons (Fsp3) is 0.500. The second kappa shape index (κ2) is 5.37. The van der Waals surface area contributed by atoms with Crippen LogP contribution in [0.1, 0.15) is 24.3 Å². The van der Waals surface area contributed by atoms with E-state index in [4.69, 9.17) is 11.6 Å². The molecule has 1 amide bonds. The van der Waals surface area contributed by atoms with Crippen LogP contribution in [-0.4, -0.2) is 11.8 Å². The van der Waals surface area contributed by atoms with Crippen LogP contribution in [0.2, 0.25) is 0 Å². The first kappa shape index (κ1) is 11.5. The molecule has 14 heavy (non-hydrogen) atoms. The van der Waals surface area contributed by atoms with E-state index in [0.717, 1.165) is 18.5 Å². The largest absolute Gasteiger partial charge is 0.324 e. The number of carbonyl (C=O) groups excluding carboxylic acids is 1. The van der Waals surface area contributed by atoms with Gasteiger partial charge >= 0.3 is 0 Å². The number of hydrogen-bond donors (Lipinski definition) is 1. The molecule has 0 unspecified atom stereocenters. The summed E-state index contributed by atoms with van der Waals surface area (Å²) in [4.78, 5) is 12.4. The molecule has 4 heteroatoms. The zero-order chi connectivity index (χ0) is 10.6. The fourth-order valence-electron chi connectivity index (χ4n) is 1.28. The van der Waals surface area contributed by atoms with Gasteiger partial charge in [-0.2, -0.15) is 0 Å². The van der Waals surface area contributed by atoms with Crippen molar-refractivity contribution in [3.63, 3.8) is 0 Å². The number of anilines is 1. The van der Waals surface area contributed by atoms with Crippen LogP contribution in [0.15, 0.2) is 5.38 Å². The fourth-order valence-corrected chi connectivity index (χ4v) is 2.38. The van der Waals surface area contributed by atoms with Crippen molar-refractivity contribution in [2.75, 3.05) is 11.2 Å². The number of aryl methyl sites for hydroxylation is 2. The van der Waals surface area contributed by atoms with Crippen LogP contribution in [0.5, 0.6) is 0 Å². The lowest BCUT2D eigenvalue weighted by Crippen LogP contribution is -2.14. The molecule has 0 aliphatic carbocycles. The molecule has 0 aliphatic heterocycles. The second-order valence-corrected chi connectivity index (χ2v) is 4.18. The molecule has 0 spiro atoms. The Morgan fingerprint density at radius 1 is 1.50 bits per heavy atom. The number of halogens is 1. The van der Waals surface area contributed by atoms with Crippen molar-refractivity contribution >= 4 is 34.5 Å². The predicted octanol–water partition coefficient (Wildman–Crippen LogP) is 3.05. The molecular weight excluding hydrogens is 218 g/mol. The molecule has 1 N–H and O–H groups in total. The van der Waals surface area contributed by atoms with Crippen LogP contribution in [-0.2, 0) is 17.6 Å². The molecule has 0 atom stereocenters. The van der Waals surface area contributed by atoms with Crippen molar-refractivity contribution in [3.05, 3.63) is 15.8 Å². The molecule has 1 aromatic heterocycles. The highest BCUT2D eigenvalue weighted by atomic mass is 35.5. The van der Waals surface area contributed by atoms with Gasteiger partial charge in [0.1, 0.15) is 5.88 Å². The van der Waals surface area contributed by atoms with Crippen LogP contribution in [0, 0.1) is 0 Å². The number of thiophene rings is 1. The Kier molecular flexibility index (Phi) is 4.42. The SMILES string of the molecule is CCc1csc(CC)c1NC(=O)CCl. The molecule has 1 rings (SSSR count). The third kappa shape index (κ3) is 2.49. The average molecular weight is 232 g/mol. The zero-order valence-corrected chi connectivity index (χ0v) is 9.97. The molecule has 0 fully saturated rings. The van der Waals surface area contributed by atoms with Crippen molar-refractivity contribution in [2.24, 2.45) is 0 Å². The maximum absolute atomic E-state index is 11.2. The van der Waals surface area contributed by atoms with E-state index < -0.39 is 0 Å². The first-order chi connectivity index (χ1) is 6.72. The Hall–Kier alpha value is -0.540. The molecule has 1 heterocycles. The highest BCUT2D eigenvalue weighted by Crippen LogP contribution is 2.29. The van der Waals surface area contributed by atoms with Crippen molar-refractivity contribution in [3.8, 4) is 0 Å². The quantitative estimate of drug-likeness (QED) is 0.793. The molecule has 0 saturated carbocycles. The highest BCUT2D eigenvalue weighted by Gasteiger charge is 2.11. The van der Waals surface area contributed by atoms with E-state index in [1.807, 2.05) is 0 Å². The van der Waals surface area contributed by atoms with Gasteiger partial charge in [-0.25, -0.2) is 0 Å². The van der Waals surface area contributed by atoms with Gasteiger partial charge < -0.3 is 5.32 Å². The topological polar surface area (TPSA) is 29.1 Å². The van der Waals surface area contributed by atoms with Gasteiger partial charge in [0.25, 0.3) is 0 Å². The molecule has 0 radical (unpaired) electrons. The van der Waals surface area contributed by atoms with Crippen molar-refractivity contribution in [1.82, 2.24) is 0 Å². The third-order valence-electron chi connectivity index (χ3n) is 2.03. The van der Waals surface area contributed by atoms with Gasteiger partial charge in [-0.1, -0.05) is 13.8 Å². The number of carbonyl (C=O) groups is 1. The smallest absolute Gasteiger partial charge is 0.239 e. The molecule has 78 valence electrons. The van der Waals surface area contributed by atoms with Crippen molar-refractivity contribution in [1.29, 1.82) is 0 Å². The summed E-state index contributed by atoms with van der Waals surface area (Å²) in [6.45, 7) is 4.17. The number of rotatable bonds is 4. The summed E-state index contributed by atoms with van der Waals surface area (Å²) < 4.78 is 0. The second-order valence-electron chi connectivity index (χ2n) is 2.95. The van der Waals surface area contributed by atoms with Crippen LogP contribution in [0.25, 0.3) is 0 Å². The highest BCUT2D eigenvalue weighted by molar-refractivity contribution is 7.10. The van der Waals surface area contributed by atoms with E-state index >= 15 is 0 Å². The third-order valence-corrected chi connectivity index (χ3v) is 3.45. The Bertz CT molecular complexity index is 300. The molecule has 0 bridgehead atoms. The van der Waals surface area contributed by atoms with Gasteiger partial charge in [0.2, 0.25) is 5.91 Å². The average Bonchev–Trinajstić information content (AvgIpc) is 2.60. The van der Waals surface area contributed by atoms with E-state index in [1.165, 1.54) is 10.4 Å². The van der Waals surface area contributed by atoms with Gasteiger partial charge in [0.15, 0.2) is 0 Å². The molecule has 0 aromatic carbocycles. The summed E-state index contributed by atoms with van der Waals surface area (Å²) in [5, 5.41) is 4.95. The Morgan fingerprint density at radius 2 is 2.21 bits per heavy atom. The first-order valence-electron chi connectivity index (χ1n) is 4.67. The Labute approximate surface area is 93.3 Å². The summed E-state index contributed by atoms with van der Waals surface area (Å²) in [5.74, 6) is -0.114. The molecule has 0 aliphatic rings. The minimum atomic E-state index is -0.130. The number of alkyl halides is 1. The van der Waals surface area contributed by atoms with Crippen LogP contribution < -0.4 is 5.32 Å². The maximum Gasteiger partial charge on any atom is 0.239 e. The lowest BCUT2D eigenvalue weighted by molar-refractivity contribution is -0.113. The van der Waals surface area contributed by atoms with Crippen molar-refractivity contribution < 1.29 is 4.79 Å². The minimum Gasteiger partial charge on any atom is -0.324 e. The first-order valence-corrected chi connectivity index (χ1v) is 6.09. The molecule has 1 aromatic rings. The van der Waals surface area contributed by atoms with Gasteiger partial charge in [-0.15, -0.1) is 22.9 Å². The summed E-state index contributed by atoms with van der Waals surface area (Å²) in [6, 6.07) is 0. The molecule has 0 saturated heterocycles. The van der Waals surface area contributed by atoms with Gasteiger partial charge in [0, 0.05) is 4.88 Å². The number of amides is 1. The van der Waals surface area contributed by atoms with Crippen molar-refractivity contribution in [2.45, 2.75) is 26.7 Å². The maximum atomic E-state index is 11.2. The molecular formula is C10H14ClNOS. The molecule has 2 nitrogen and oxygen atoms in total. The van der Waals surface area contributed by atoms with E-state index in [0.29, 0.717) is 0 Å². The lowest BCUT2D eigenvalue weighted by Gasteiger charge is -2.06. The summed E-state index contributed by atoms with van der Waals surface area (Å²) >= 11 is 7.15. The van der Waals surface area contributed by atoms with Gasteiger partial charge in [-0.05, 0) is 23.8 Å². The minimum absolute atomic E-state index is 0.0160.